The molecule has 3 heterocycles. The van der Waals surface area contributed by atoms with Crippen molar-refractivity contribution in [3.8, 4) is 0 Å². The highest BCUT2D eigenvalue weighted by atomic mass is 15.2. The fourth-order valence-corrected chi connectivity index (χ4v) is 4.08. The molecule has 1 aromatic heterocycles. The van der Waals surface area contributed by atoms with E-state index in [1.54, 1.807) is 0 Å². The minimum Gasteiger partial charge on any atom is -0.357 e. The van der Waals surface area contributed by atoms with Crippen molar-refractivity contribution < 1.29 is 0 Å². The zero-order valence-electron chi connectivity index (χ0n) is 14.5. The van der Waals surface area contributed by atoms with Gasteiger partial charge in [-0.2, -0.15) is 0 Å². The normalized spacial score (nSPS) is 23.5. The van der Waals surface area contributed by atoms with E-state index in [2.05, 4.69) is 42.7 Å². The van der Waals surface area contributed by atoms with Crippen LogP contribution in [-0.2, 0) is 0 Å². The molecule has 0 aromatic carbocycles. The van der Waals surface area contributed by atoms with Crippen LogP contribution in [-0.4, -0.2) is 36.1 Å². The zero-order valence-corrected chi connectivity index (χ0v) is 14.5. The summed E-state index contributed by atoms with van der Waals surface area (Å²) in [5, 5.41) is 0. The monoisotopic (exact) mass is 301 g/mol. The molecule has 0 amide bonds. The molecule has 22 heavy (non-hydrogen) atoms. The zero-order chi connectivity index (χ0) is 15.5. The lowest BCUT2D eigenvalue weighted by Crippen LogP contribution is -2.31. The minimum atomic E-state index is 0.588. The molecular formula is C19H31N3. The molecule has 0 bridgehead atoms. The summed E-state index contributed by atoms with van der Waals surface area (Å²) in [5.74, 6) is 1.93. The van der Waals surface area contributed by atoms with E-state index < -0.39 is 0 Å². The van der Waals surface area contributed by atoms with E-state index in [1.807, 2.05) is 0 Å². The molecule has 3 heteroatoms. The van der Waals surface area contributed by atoms with Crippen molar-refractivity contribution in [3.63, 3.8) is 0 Å². The fourth-order valence-electron chi connectivity index (χ4n) is 4.08. The van der Waals surface area contributed by atoms with Crippen molar-refractivity contribution >= 4 is 5.82 Å². The Morgan fingerprint density at radius 1 is 1.09 bits per heavy atom. The van der Waals surface area contributed by atoms with Crippen LogP contribution in [0.15, 0.2) is 12.1 Å². The van der Waals surface area contributed by atoms with Gasteiger partial charge in [-0.05, 0) is 63.1 Å². The molecule has 2 fully saturated rings. The lowest BCUT2D eigenvalue weighted by Gasteiger charge is -2.30. The molecule has 122 valence electrons. The highest BCUT2D eigenvalue weighted by Crippen LogP contribution is 2.34. The number of hydrogen-bond donors (Lipinski definition) is 0. The number of aryl methyl sites for hydroxylation is 1. The van der Waals surface area contributed by atoms with Crippen molar-refractivity contribution in [1.82, 2.24) is 9.88 Å². The Morgan fingerprint density at radius 3 is 2.55 bits per heavy atom. The average Bonchev–Trinajstić information content (AvgIpc) is 2.95. The van der Waals surface area contributed by atoms with Crippen LogP contribution in [0, 0.1) is 12.8 Å². The molecule has 0 aliphatic carbocycles. The van der Waals surface area contributed by atoms with Gasteiger partial charge in [0.1, 0.15) is 5.82 Å². The number of hydrogen-bond acceptors (Lipinski definition) is 3. The van der Waals surface area contributed by atoms with Crippen LogP contribution in [0.25, 0.3) is 0 Å². The van der Waals surface area contributed by atoms with Crippen LogP contribution in [0.2, 0.25) is 0 Å². The van der Waals surface area contributed by atoms with Gasteiger partial charge in [0.05, 0.1) is 0 Å². The SMILES string of the molecule is Cc1nc(N2CCCCC2)ccc1[C@H]1CCCN1CC(C)C. The number of piperidine rings is 1. The third kappa shape index (κ3) is 3.45. The first-order valence-electron chi connectivity index (χ1n) is 9.11. The molecule has 0 saturated carbocycles. The van der Waals surface area contributed by atoms with Gasteiger partial charge in [0.2, 0.25) is 0 Å². The number of aromatic nitrogens is 1. The Morgan fingerprint density at radius 2 is 1.86 bits per heavy atom. The molecule has 0 unspecified atom stereocenters. The van der Waals surface area contributed by atoms with Crippen molar-refractivity contribution in [2.45, 2.75) is 58.9 Å². The summed E-state index contributed by atoms with van der Waals surface area (Å²) >= 11 is 0. The molecule has 1 aromatic rings. The van der Waals surface area contributed by atoms with E-state index in [1.165, 1.54) is 75.4 Å². The van der Waals surface area contributed by atoms with Gasteiger partial charge >= 0.3 is 0 Å². The second kappa shape index (κ2) is 6.99. The molecule has 0 radical (unpaired) electrons. The summed E-state index contributed by atoms with van der Waals surface area (Å²) < 4.78 is 0. The quantitative estimate of drug-likeness (QED) is 0.832. The Kier molecular flexibility index (Phi) is 5.02. The molecule has 2 aliphatic heterocycles. The van der Waals surface area contributed by atoms with Gasteiger partial charge in [0.25, 0.3) is 0 Å². The highest BCUT2D eigenvalue weighted by Gasteiger charge is 2.28. The lowest BCUT2D eigenvalue weighted by atomic mass is 10.0. The van der Waals surface area contributed by atoms with Crippen LogP contribution in [0.5, 0.6) is 0 Å². The van der Waals surface area contributed by atoms with Crippen molar-refractivity contribution in [3.05, 3.63) is 23.4 Å². The predicted molar refractivity (Wildman–Crippen MR) is 93.4 cm³/mol. The summed E-state index contributed by atoms with van der Waals surface area (Å²) in [6, 6.07) is 5.21. The van der Waals surface area contributed by atoms with Gasteiger partial charge in [-0.3, -0.25) is 4.90 Å². The topological polar surface area (TPSA) is 19.4 Å². The van der Waals surface area contributed by atoms with Crippen LogP contribution in [0.4, 0.5) is 5.82 Å². The van der Waals surface area contributed by atoms with Crippen molar-refractivity contribution in [1.29, 1.82) is 0 Å². The van der Waals surface area contributed by atoms with Crippen molar-refractivity contribution in [2.24, 2.45) is 5.92 Å². The first-order valence-corrected chi connectivity index (χ1v) is 9.11. The number of pyridine rings is 1. The second-order valence-corrected chi connectivity index (χ2v) is 7.44. The lowest BCUT2D eigenvalue weighted by molar-refractivity contribution is 0.228. The third-order valence-corrected chi connectivity index (χ3v) is 5.11. The van der Waals surface area contributed by atoms with Gasteiger partial charge in [-0.15, -0.1) is 0 Å². The molecule has 3 rings (SSSR count). The Balaban J connectivity index is 1.76. The van der Waals surface area contributed by atoms with E-state index in [9.17, 15) is 0 Å². The van der Waals surface area contributed by atoms with Crippen LogP contribution < -0.4 is 4.90 Å². The maximum absolute atomic E-state index is 4.95. The number of anilines is 1. The van der Waals surface area contributed by atoms with Gasteiger partial charge in [0.15, 0.2) is 0 Å². The molecule has 1 atom stereocenters. The summed E-state index contributed by atoms with van der Waals surface area (Å²) in [4.78, 5) is 10.1. The molecule has 2 aliphatic rings. The summed E-state index contributed by atoms with van der Waals surface area (Å²) in [6.45, 7) is 11.6. The van der Waals surface area contributed by atoms with Crippen LogP contribution >= 0.6 is 0 Å². The third-order valence-electron chi connectivity index (χ3n) is 5.11. The Hall–Kier alpha value is -1.09. The minimum absolute atomic E-state index is 0.588. The van der Waals surface area contributed by atoms with E-state index in [4.69, 9.17) is 4.98 Å². The Bertz CT molecular complexity index is 491. The average molecular weight is 301 g/mol. The number of rotatable bonds is 4. The number of likely N-dealkylation sites (tertiary alicyclic amines) is 1. The maximum Gasteiger partial charge on any atom is 0.128 e. The summed E-state index contributed by atoms with van der Waals surface area (Å²) in [6.07, 6.45) is 6.61. The van der Waals surface area contributed by atoms with Crippen molar-refractivity contribution in [2.75, 3.05) is 31.1 Å². The highest BCUT2D eigenvalue weighted by molar-refractivity contribution is 5.43. The summed E-state index contributed by atoms with van der Waals surface area (Å²) in [5.41, 5.74) is 2.70. The van der Waals surface area contributed by atoms with E-state index in [0.717, 1.165) is 5.92 Å². The Labute approximate surface area is 135 Å². The second-order valence-electron chi connectivity index (χ2n) is 7.44. The van der Waals surface area contributed by atoms with E-state index in [-0.39, 0.29) is 0 Å². The van der Waals surface area contributed by atoms with Crippen LogP contribution in [0.1, 0.15) is 63.3 Å². The summed E-state index contributed by atoms with van der Waals surface area (Å²) in [7, 11) is 0. The molecule has 3 nitrogen and oxygen atoms in total. The molecule has 2 saturated heterocycles. The standard InChI is InChI=1S/C19H31N3/c1-15(2)14-22-13-7-8-18(22)17-9-10-19(20-16(17)3)21-11-5-4-6-12-21/h9-10,15,18H,4-8,11-14H2,1-3H3/t18-/m1/s1. The van der Waals surface area contributed by atoms with Crippen LogP contribution in [0.3, 0.4) is 0 Å². The van der Waals surface area contributed by atoms with Gasteiger partial charge < -0.3 is 4.90 Å². The molecular weight excluding hydrogens is 270 g/mol. The number of nitrogens with zero attached hydrogens (tertiary/aromatic N) is 3. The molecule has 0 spiro atoms. The first kappa shape index (κ1) is 15.8. The van der Waals surface area contributed by atoms with Gasteiger partial charge in [-0.1, -0.05) is 19.9 Å². The van der Waals surface area contributed by atoms with E-state index >= 15 is 0 Å². The largest absolute Gasteiger partial charge is 0.357 e. The first-order chi connectivity index (χ1) is 10.6. The van der Waals surface area contributed by atoms with E-state index in [0.29, 0.717) is 6.04 Å². The predicted octanol–water partition coefficient (Wildman–Crippen LogP) is 4.17. The van der Waals surface area contributed by atoms with Gasteiger partial charge in [0, 0.05) is 31.4 Å². The fraction of sp³-hybridized carbons (Fsp3) is 0.737. The smallest absolute Gasteiger partial charge is 0.128 e. The maximum atomic E-state index is 4.95. The molecule has 0 N–H and O–H groups in total. The van der Waals surface area contributed by atoms with Gasteiger partial charge in [-0.25, -0.2) is 4.98 Å².